The van der Waals surface area contributed by atoms with E-state index in [0.29, 0.717) is 6.42 Å². The molecule has 1 fully saturated rings. The second kappa shape index (κ2) is 6.44. The molecule has 6 heteroatoms. The van der Waals surface area contributed by atoms with Gasteiger partial charge in [-0.15, -0.1) is 11.3 Å². The van der Waals surface area contributed by atoms with E-state index >= 15 is 0 Å². The molecule has 116 valence electrons. The van der Waals surface area contributed by atoms with Gasteiger partial charge in [-0.25, -0.2) is 4.98 Å². The number of nitrogens with zero attached hydrogens (tertiary/aromatic N) is 4. The maximum atomic E-state index is 12.4. The van der Waals surface area contributed by atoms with E-state index in [4.69, 9.17) is 0 Å². The van der Waals surface area contributed by atoms with Crippen molar-refractivity contribution in [3.8, 4) is 0 Å². The predicted molar refractivity (Wildman–Crippen MR) is 88.3 cm³/mol. The minimum Gasteiger partial charge on any atom is -0.345 e. The summed E-state index contributed by atoms with van der Waals surface area (Å²) in [4.78, 5) is 25.3. The average Bonchev–Trinajstić information content (AvgIpc) is 2.96. The Kier molecular flexibility index (Phi) is 4.38. The summed E-state index contributed by atoms with van der Waals surface area (Å²) in [5.41, 5.74) is 3.02. The number of hydrogen-bond acceptors (Lipinski definition) is 5. The van der Waals surface area contributed by atoms with Crippen LogP contribution in [0.4, 0.5) is 5.13 Å². The van der Waals surface area contributed by atoms with Crippen molar-refractivity contribution in [1.29, 1.82) is 0 Å². The van der Waals surface area contributed by atoms with E-state index < -0.39 is 0 Å². The predicted octanol–water partition coefficient (Wildman–Crippen LogP) is 2.05. The third-order valence-corrected chi connectivity index (χ3v) is 4.86. The van der Waals surface area contributed by atoms with Crippen LogP contribution >= 0.6 is 11.3 Å². The number of pyridine rings is 1. The molecule has 2 aromatic rings. The van der Waals surface area contributed by atoms with Crippen LogP contribution in [0.15, 0.2) is 23.7 Å². The van der Waals surface area contributed by atoms with Crippen molar-refractivity contribution in [2.24, 2.45) is 0 Å². The number of aromatic nitrogens is 2. The minimum absolute atomic E-state index is 0.181. The van der Waals surface area contributed by atoms with Crippen molar-refractivity contribution in [2.45, 2.75) is 20.3 Å². The zero-order valence-electron chi connectivity index (χ0n) is 13.0. The highest BCUT2D eigenvalue weighted by molar-refractivity contribution is 7.13. The zero-order chi connectivity index (χ0) is 15.5. The normalized spacial score (nSPS) is 15.2. The largest absolute Gasteiger partial charge is 0.345 e. The molecule has 0 N–H and O–H groups in total. The molecule has 0 saturated carbocycles. The first-order chi connectivity index (χ1) is 10.6. The van der Waals surface area contributed by atoms with Crippen molar-refractivity contribution in [2.75, 3.05) is 31.1 Å². The van der Waals surface area contributed by atoms with Crippen LogP contribution in [0.3, 0.4) is 0 Å². The lowest BCUT2D eigenvalue weighted by Crippen LogP contribution is -2.49. The summed E-state index contributed by atoms with van der Waals surface area (Å²) < 4.78 is 0. The van der Waals surface area contributed by atoms with E-state index in [2.05, 4.69) is 20.2 Å². The van der Waals surface area contributed by atoms with E-state index in [-0.39, 0.29) is 5.91 Å². The van der Waals surface area contributed by atoms with Crippen LogP contribution < -0.4 is 4.90 Å². The SMILES string of the molecule is Cc1ccc(CC(=O)N2CCN(c3nc(C)cs3)CC2)cn1. The topological polar surface area (TPSA) is 49.3 Å². The lowest BCUT2D eigenvalue weighted by molar-refractivity contribution is -0.130. The van der Waals surface area contributed by atoms with Crippen LogP contribution in [0.2, 0.25) is 0 Å². The first-order valence-corrected chi connectivity index (χ1v) is 8.36. The number of thiazole rings is 1. The molecule has 0 spiro atoms. The summed E-state index contributed by atoms with van der Waals surface area (Å²) >= 11 is 1.67. The molecule has 1 saturated heterocycles. The molecule has 0 bridgehead atoms. The Labute approximate surface area is 134 Å². The maximum absolute atomic E-state index is 12.4. The van der Waals surface area contributed by atoms with Gasteiger partial charge in [0.15, 0.2) is 5.13 Å². The van der Waals surface area contributed by atoms with Gasteiger partial charge >= 0.3 is 0 Å². The monoisotopic (exact) mass is 316 g/mol. The van der Waals surface area contributed by atoms with Crippen LogP contribution in [0.5, 0.6) is 0 Å². The fourth-order valence-electron chi connectivity index (χ4n) is 2.52. The summed E-state index contributed by atoms with van der Waals surface area (Å²) in [6.45, 7) is 7.18. The van der Waals surface area contributed by atoms with E-state index in [0.717, 1.165) is 48.3 Å². The maximum Gasteiger partial charge on any atom is 0.227 e. The third kappa shape index (κ3) is 3.44. The molecule has 3 heterocycles. The highest BCUT2D eigenvalue weighted by Crippen LogP contribution is 2.21. The molecule has 1 aliphatic heterocycles. The summed E-state index contributed by atoms with van der Waals surface area (Å²) in [5.74, 6) is 0.181. The molecule has 0 aromatic carbocycles. The van der Waals surface area contributed by atoms with E-state index in [1.54, 1.807) is 17.5 Å². The lowest BCUT2D eigenvalue weighted by atomic mass is 10.1. The van der Waals surface area contributed by atoms with Gasteiger partial charge in [0.25, 0.3) is 0 Å². The molecule has 1 amide bonds. The van der Waals surface area contributed by atoms with Gasteiger partial charge in [0, 0.05) is 43.4 Å². The molecule has 0 atom stereocenters. The van der Waals surface area contributed by atoms with Crippen molar-refractivity contribution in [1.82, 2.24) is 14.9 Å². The van der Waals surface area contributed by atoms with Crippen molar-refractivity contribution in [3.05, 3.63) is 40.7 Å². The highest BCUT2D eigenvalue weighted by Gasteiger charge is 2.22. The number of anilines is 1. The number of carbonyl (C=O) groups is 1. The van der Waals surface area contributed by atoms with E-state index in [9.17, 15) is 4.79 Å². The number of hydrogen-bond donors (Lipinski definition) is 0. The number of carbonyl (C=O) groups excluding carboxylic acids is 1. The van der Waals surface area contributed by atoms with E-state index in [1.165, 1.54) is 0 Å². The van der Waals surface area contributed by atoms with Gasteiger partial charge < -0.3 is 9.80 Å². The first-order valence-electron chi connectivity index (χ1n) is 7.48. The van der Waals surface area contributed by atoms with Gasteiger partial charge in [0.05, 0.1) is 12.1 Å². The Balaban J connectivity index is 1.54. The van der Waals surface area contributed by atoms with Crippen molar-refractivity contribution < 1.29 is 4.79 Å². The lowest BCUT2D eigenvalue weighted by Gasteiger charge is -2.34. The number of rotatable bonds is 3. The smallest absolute Gasteiger partial charge is 0.227 e. The van der Waals surface area contributed by atoms with Gasteiger partial charge in [0.2, 0.25) is 5.91 Å². The summed E-state index contributed by atoms with van der Waals surface area (Å²) in [6.07, 6.45) is 2.23. The Morgan fingerprint density at radius 2 is 1.95 bits per heavy atom. The molecule has 5 nitrogen and oxygen atoms in total. The van der Waals surface area contributed by atoms with Gasteiger partial charge in [-0.1, -0.05) is 6.07 Å². The fourth-order valence-corrected chi connectivity index (χ4v) is 3.38. The second-order valence-electron chi connectivity index (χ2n) is 5.62. The average molecular weight is 316 g/mol. The molecule has 1 aliphatic rings. The van der Waals surface area contributed by atoms with Crippen LogP contribution in [-0.2, 0) is 11.2 Å². The van der Waals surface area contributed by atoms with Gasteiger partial charge in [-0.3, -0.25) is 9.78 Å². The summed E-state index contributed by atoms with van der Waals surface area (Å²) in [5, 5.41) is 3.13. The van der Waals surface area contributed by atoms with Crippen molar-refractivity contribution in [3.63, 3.8) is 0 Å². The highest BCUT2D eigenvalue weighted by atomic mass is 32.1. The van der Waals surface area contributed by atoms with Crippen LogP contribution in [0.25, 0.3) is 0 Å². The van der Waals surface area contributed by atoms with Crippen LogP contribution in [0.1, 0.15) is 17.0 Å². The third-order valence-electron chi connectivity index (χ3n) is 3.84. The summed E-state index contributed by atoms with van der Waals surface area (Å²) in [7, 11) is 0. The Bertz CT molecular complexity index is 644. The molecule has 0 radical (unpaired) electrons. The zero-order valence-corrected chi connectivity index (χ0v) is 13.8. The first kappa shape index (κ1) is 15.0. The molecule has 22 heavy (non-hydrogen) atoms. The Hall–Kier alpha value is -1.95. The Morgan fingerprint density at radius 1 is 1.18 bits per heavy atom. The minimum atomic E-state index is 0.181. The van der Waals surface area contributed by atoms with Gasteiger partial charge in [0.1, 0.15) is 0 Å². The van der Waals surface area contributed by atoms with Crippen LogP contribution in [-0.4, -0.2) is 47.0 Å². The quantitative estimate of drug-likeness (QED) is 0.869. The van der Waals surface area contributed by atoms with Crippen LogP contribution in [0, 0.1) is 13.8 Å². The molecular weight excluding hydrogens is 296 g/mol. The molecule has 0 unspecified atom stereocenters. The number of piperazine rings is 1. The van der Waals surface area contributed by atoms with E-state index in [1.807, 2.05) is 30.9 Å². The molecule has 3 rings (SSSR count). The molecular formula is C16H20N4OS. The second-order valence-corrected chi connectivity index (χ2v) is 6.46. The molecule has 0 aliphatic carbocycles. The fraction of sp³-hybridized carbons (Fsp3) is 0.438. The van der Waals surface area contributed by atoms with Crippen molar-refractivity contribution >= 4 is 22.4 Å². The summed E-state index contributed by atoms with van der Waals surface area (Å²) in [6, 6.07) is 3.93. The standard InChI is InChI=1S/C16H20N4OS/c1-12-3-4-14(10-17-12)9-15(21)19-5-7-20(8-6-19)16-18-13(2)11-22-16/h3-4,10-11H,5-9H2,1-2H3. The Morgan fingerprint density at radius 3 is 2.55 bits per heavy atom. The number of aryl methyl sites for hydroxylation is 2. The molecule has 2 aromatic heterocycles. The van der Waals surface area contributed by atoms with Gasteiger partial charge in [-0.2, -0.15) is 0 Å². The number of amides is 1. The van der Waals surface area contributed by atoms with Gasteiger partial charge in [-0.05, 0) is 25.5 Å².